The lowest BCUT2D eigenvalue weighted by atomic mass is 10.1. The van der Waals surface area contributed by atoms with Gasteiger partial charge in [0.2, 0.25) is 0 Å². The average Bonchev–Trinajstić information content (AvgIpc) is 3.18. The van der Waals surface area contributed by atoms with Gasteiger partial charge in [-0.25, -0.2) is 8.42 Å². The molecule has 0 fully saturated rings. The molecule has 0 saturated carbocycles. The van der Waals surface area contributed by atoms with Crippen molar-refractivity contribution in [3.05, 3.63) is 101 Å². The molecule has 0 saturated heterocycles. The van der Waals surface area contributed by atoms with Gasteiger partial charge in [0.25, 0.3) is 15.9 Å². The number of hydrogen-bond donors (Lipinski definition) is 2. The molecule has 8 heteroatoms. The van der Waals surface area contributed by atoms with Crippen molar-refractivity contribution < 1.29 is 13.2 Å². The normalized spacial score (nSPS) is 11.6. The molecule has 1 amide bonds. The number of rotatable bonds is 6. The second-order valence-electron chi connectivity index (χ2n) is 8.54. The fraction of sp³-hybridized carbons (Fsp3) is 0.107. The van der Waals surface area contributed by atoms with Crippen LogP contribution in [0.3, 0.4) is 0 Å². The van der Waals surface area contributed by atoms with E-state index >= 15 is 0 Å². The van der Waals surface area contributed by atoms with E-state index < -0.39 is 10.0 Å². The van der Waals surface area contributed by atoms with Crippen molar-refractivity contribution in [1.29, 1.82) is 0 Å². The number of anilines is 2. The summed E-state index contributed by atoms with van der Waals surface area (Å²) in [6.07, 6.45) is 0. The van der Waals surface area contributed by atoms with Crippen LogP contribution in [0.4, 0.5) is 11.4 Å². The average molecular weight is 518 g/mol. The SMILES string of the molecule is CCn1c2ccccc2c2cc(NS(=O)(=O)c3ccc(NC(=O)c4ccc(Cl)cc4)c(C)c3)ccc21. The van der Waals surface area contributed by atoms with E-state index in [0.717, 1.165) is 28.4 Å². The lowest BCUT2D eigenvalue weighted by Gasteiger charge is -2.12. The van der Waals surface area contributed by atoms with E-state index in [1.807, 2.05) is 30.3 Å². The van der Waals surface area contributed by atoms with Gasteiger partial charge in [0, 0.05) is 50.3 Å². The summed E-state index contributed by atoms with van der Waals surface area (Å²) in [5.41, 5.74) is 4.26. The van der Waals surface area contributed by atoms with E-state index in [2.05, 4.69) is 27.6 Å². The van der Waals surface area contributed by atoms with Gasteiger partial charge < -0.3 is 9.88 Å². The van der Waals surface area contributed by atoms with E-state index in [1.54, 1.807) is 49.4 Å². The first-order chi connectivity index (χ1) is 17.3. The van der Waals surface area contributed by atoms with Crippen LogP contribution in [0, 0.1) is 6.92 Å². The van der Waals surface area contributed by atoms with Crippen molar-refractivity contribution in [3.8, 4) is 0 Å². The van der Waals surface area contributed by atoms with Gasteiger partial charge in [0.05, 0.1) is 4.90 Å². The molecule has 0 aliphatic heterocycles. The molecule has 0 spiro atoms. The molecule has 0 radical (unpaired) electrons. The van der Waals surface area contributed by atoms with Crippen molar-refractivity contribution in [2.24, 2.45) is 0 Å². The number of carbonyl (C=O) groups is 1. The predicted octanol–water partition coefficient (Wildman–Crippen LogP) is 6.83. The molecule has 2 N–H and O–H groups in total. The molecular formula is C28H24ClN3O3S. The Morgan fingerprint density at radius 2 is 1.61 bits per heavy atom. The number of aromatic nitrogens is 1. The van der Waals surface area contributed by atoms with E-state index in [-0.39, 0.29) is 10.8 Å². The minimum Gasteiger partial charge on any atom is -0.341 e. The Hall–Kier alpha value is -3.81. The third-order valence-corrected chi connectivity index (χ3v) is 7.83. The number of aryl methyl sites for hydroxylation is 2. The number of carbonyl (C=O) groups excluding carboxylic acids is 1. The highest BCUT2D eigenvalue weighted by Gasteiger charge is 2.18. The number of para-hydroxylation sites is 1. The Morgan fingerprint density at radius 3 is 2.33 bits per heavy atom. The summed E-state index contributed by atoms with van der Waals surface area (Å²) < 4.78 is 31.3. The number of nitrogens with one attached hydrogen (secondary N) is 2. The Kier molecular flexibility index (Phi) is 6.20. The Bertz CT molecular complexity index is 1730. The van der Waals surface area contributed by atoms with Crippen molar-refractivity contribution in [2.75, 3.05) is 10.0 Å². The zero-order valence-corrected chi connectivity index (χ0v) is 21.3. The highest BCUT2D eigenvalue weighted by molar-refractivity contribution is 7.92. The first kappa shape index (κ1) is 23.9. The predicted molar refractivity (Wildman–Crippen MR) is 147 cm³/mol. The van der Waals surface area contributed by atoms with Crippen LogP contribution in [0.1, 0.15) is 22.8 Å². The van der Waals surface area contributed by atoms with Gasteiger partial charge in [-0.3, -0.25) is 9.52 Å². The Balaban J connectivity index is 1.41. The molecule has 36 heavy (non-hydrogen) atoms. The van der Waals surface area contributed by atoms with Crippen molar-refractivity contribution in [3.63, 3.8) is 0 Å². The fourth-order valence-corrected chi connectivity index (χ4v) is 5.67. The minimum atomic E-state index is -3.84. The second kappa shape index (κ2) is 9.33. The van der Waals surface area contributed by atoms with Crippen molar-refractivity contribution in [1.82, 2.24) is 4.57 Å². The van der Waals surface area contributed by atoms with Gasteiger partial charge in [0.1, 0.15) is 0 Å². The zero-order valence-electron chi connectivity index (χ0n) is 19.7. The largest absolute Gasteiger partial charge is 0.341 e. The minimum absolute atomic E-state index is 0.112. The summed E-state index contributed by atoms with van der Waals surface area (Å²) in [6.45, 7) is 4.66. The summed E-state index contributed by atoms with van der Waals surface area (Å²) in [6, 6.07) is 24.8. The number of benzene rings is 4. The number of halogens is 1. The molecule has 0 aliphatic carbocycles. The van der Waals surface area contributed by atoms with Crippen molar-refractivity contribution >= 4 is 60.7 Å². The first-order valence-electron chi connectivity index (χ1n) is 11.5. The molecule has 0 bridgehead atoms. The monoisotopic (exact) mass is 517 g/mol. The van der Waals surface area contributed by atoms with E-state index in [0.29, 0.717) is 27.5 Å². The summed E-state index contributed by atoms with van der Waals surface area (Å²) in [4.78, 5) is 12.6. The topological polar surface area (TPSA) is 80.2 Å². The highest BCUT2D eigenvalue weighted by atomic mass is 35.5. The molecule has 1 aromatic heterocycles. The molecule has 5 rings (SSSR count). The van der Waals surface area contributed by atoms with Gasteiger partial charge in [-0.2, -0.15) is 0 Å². The maximum Gasteiger partial charge on any atom is 0.261 e. The van der Waals surface area contributed by atoms with Crippen LogP contribution < -0.4 is 10.0 Å². The molecule has 5 aromatic rings. The number of nitrogens with zero attached hydrogens (tertiary/aromatic N) is 1. The Morgan fingerprint density at radius 1 is 0.889 bits per heavy atom. The van der Waals surface area contributed by atoms with E-state index in [1.165, 1.54) is 6.07 Å². The third-order valence-electron chi connectivity index (χ3n) is 6.20. The van der Waals surface area contributed by atoms with Gasteiger partial charge in [-0.1, -0.05) is 29.8 Å². The lowest BCUT2D eigenvalue weighted by molar-refractivity contribution is 0.102. The molecule has 182 valence electrons. The maximum absolute atomic E-state index is 13.2. The van der Waals surface area contributed by atoms with Gasteiger partial charge >= 0.3 is 0 Å². The summed E-state index contributed by atoms with van der Waals surface area (Å²) in [5.74, 6) is -0.303. The molecule has 1 heterocycles. The van der Waals surface area contributed by atoms with Crippen LogP contribution in [0.25, 0.3) is 21.8 Å². The third kappa shape index (κ3) is 4.43. The number of amides is 1. The molecule has 0 atom stereocenters. The Labute approximate surface area is 214 Å². The fourth-order valence-electron chi connectivity index (χ4n) is 4.41. The molecule has 0 unspecified atom stereocenters. The molecule has 6 nitrogen and oxygen atoms in total. The second-order valence-corrected chi connectivity index (χ2v) is 10.7. The molecule has 0 aliphatic rings. The van der Waals surface area contributed by atoms with E-state index in [9.17, 15) is 13.2 Å². The smallest absolute Gasteiger partial charge is 0.261 e. The van der Waals surface area contributed by atoms with Crippen LogP contribution in [0.15, 0.2) is 89.8 Å². The number of hydrogen-bond acceptors (Lipinski definition) is 3. The van der Waals surface area contributed by atoms with Gasteiger partial charge in [-0.05, 0) is 86.1 Å². The maximum atomic E-state index is 13.2. The standard InChI is InChI=1S/C28H24ClN3O3S/c1-3-32-26-7-5-4-6-23(26)24-17-21(12-15-27(24)32)31-36(34,35)22-13-14-25(18(2)16-22)30-28(33)19-8-10-20(29)11-9-19/h4-17,31H,3H2,1-2H3,(H,30,33). The first-order valence-corrected chi connectivity index (χ1v) is 13.3. The lowest BCUT2D eigenvalue weighted by Crippen LogP contribution is -2.15. The van der Waals surface area contributed by atoms with Crippen LogP contribution >= 0.6 is 11.6 Å². The quantitative estimate of drug-likeness (QED) is 0.259. The van der Waals surface area contributed by atoms with Crippen molar-refractivity contribution in [2.45, 2.75) is 25.3 Å². The zero-order chi connectivity index (χ0) is 25.4. The van der Waals surface area contributed by atoms with Gasteiger partial charge in [-0.15, -0.1) is 0 Å². The van der Waals surface area contributed by atoms with E-state index in [4.69, 9.17) is 11.6 Å². The number of fused-ring (bicyclic) bond motifs is 3. The van der Waals surface area contributed by atoms with Crippen LogP contribution in [0.2, 0.25) is 5.02 Å². The highest BCUT2D eigenvalue weighted by Crippen LogP contribution is 2.32. The van der Waals surface area contributed by atoms with Crippen LogP contribution in [-0.4, -0.2) is 18.9 Å². The van der Waals surface area contributed by atoms with Crippen LogP contribution in [-0.2, 0) is 16.6 Å². The van der Waals surface area contributed by atoms with Crippen LogP contribution in [0.5, 0.6) is 0 Å². The molecule has 4 aromatic carbocycles. The van der Waals surface area contributed by atoms with Gasteiger partial charge in [0.15, 0.2) is 0 Å². The summed E-state index contributed by atoms with van der Waals surface area (Å²) >= 11 is 5.89. The summed E-state index contributed by atoms with van der Waals surface area (Å²) in [5, 5.41) is 5.43. The summed E-state index contributed by atoms with van der Waals surface area (Å²) in [7, 11) is -3.84. The number of sulfonamides is 1. The molecular weight excluding hydrogens is 494 g/mol.